The Morgan fingerprint density at radius 3 is 2.50 bits per heavy atom. The van der Waals surface area contributed by atoms with Crippen LogP contribution in [0.5, 0.6) is 11.5 Å². The molecule has 84 valence electrons. The number of aromatic nitrogens is 1. The smallest absolute Gasteiger partial charge is 0.176 e. The first-order valence-corrected chi connectivity index (χ1v) is 5.55. The minimum absolute atomic E-state index is 0.0688. The third kappa shape index (κ3) is 2.08. The highest BCUT2D eigenvalue weighted by Crippen LogP contribution is 2.29. The lowest BCUT2D eigenvalue weighted by Crippen LogP contribution is -2.32. The van der Waals surface area contributed by atoms with E-state index in [9.17, 15) is 10.2 Å². The van der Waals surface area contributed by atoms with E-state index in [2.05, 4.69) is 11.5 Å². The van der Waals surface area contributed by atoms with Crippen molar-refractivity contribution in [2.75, 3.05) is 0 Å². The Morgan fingerprint density at radius 2 is 1.81 bits per heavy atom. The highest BCUT2D eigenvalue weighted by molar-refractivity contribution is 5.84. The number of hydrogen-bond donors (Lipinski definition) is 2. The Bertz CT molecular complexity index is 509. The number of fused-ring (bicyclic) bond motifs is 1. The second-order valence-electron chi connectivity index (χ2n) is 4.01. The van der Waals surface area contributed by atoms with E-state index in [4.69, 9.17) is 0 Å². The topological polar surface area (TPSA) is 44.3 Å². The normalized spacial score (nSPS) is 10.8. The summed E-state index contributed by atoms with van der Waals surface area (Å²) in [5.41, 5.74) is 0. The van der Waals surface area contributed by atoms with Crippen molar-refractivity contribution in [3.05, 3.63) is 30.6 Å². The maximum atomic E-state index is 9.42. The Hall–Kier alpha value is -1.77. The van der Waals surface area contributed by atoms with Crippen molar-refractivity contribution in [1.82, 2.24) is 0 Å². The molecule has 3 heteroatoms. The van der Waals surface area contributed by atoms with E-state index in [1.807, 2.05) is 18.5 Å². The van der Waals surface area contributed by atoms with Crippen LogP contribution >= 0.6 is 0 Å². The fraction of sp³-hybridized carbons (Fsp3) is 0.308. The van der Waals surface area contributed by atoms with E-state index in [-0.39, 0.29) is 11.5 Å². The average molecular weight is 218 g/mol. The highest BCUT2D eigenvalue weighted by Gasteiger charge is 2.06. The van der Waals surface area contributed by atoms with Crippen LogP contribution in [0.4, 0.5) is 0 Å². The van der Waals surface area contributed by atoms with Gasteiger partial charge >= 0.3 is 0 Å². The zero-order chi connectivity index (χ0) is 11.5. The molecular weight excluding hydrogens is 202 g/mol. The predicted molar refractivity (Wildman–Crippen MR) is 62.4 cm³/mol. The number of aryl methyl sites for hydroxylation is 1. The largest absolute Gasteiger partial charge is 0.504 e. The standard InChI is InChI=1S/C13H15NO2/c1-2-3-5-14-6-4-10-7-12(15)13(16)8-11(10)9-14/h4,6-9,16H,2-3,5H2,1H3/p+1. The van der Waals surface area contributed by atoms with Gasteiger partial charge in [0.05, 0.1) is 0 Å². The summed E-state index contributed by atoms with van der Waals surface area (Å²) in [6.07, 6.45) is 6.28. The molecule has 0 saturated heterocycles. The maximum Gasteiger partial charge on any atom is 0.176 e. The second kappa shape index (κ2) is 4.39. The van der Waals surface area contributed by atoms with Gasteiger partial charge in [0.2, 0.25) is 0 Å². The van der Waals surface area contributed by atoms with E-state index in [0.717, 1.165) is 30.2 Å². The molecule has 1 aromatic heterocycles. The molecule has 0 saturated carbocycles. The molecule has 0 aliphatic rings. The summed E-state index contributed by atoms with van der Waals surface area (Å²) < 4.78 is 2.10. The van der Waals surface area contributed by atoms with Gasteiger partial charge in [-0.3, -0.25) is 0 Å². The number of pyridine rings is 1. The number of hydrogen-bond acceptors (Lipinski definition) is 2. The zero-order valence-corrected chi connectivity index (χ0v) is 9.35. The first-order valence-electron chi connectivity index (χ1n) is 5.55. The lowest BCUT2D eigenvalue weighted by molar-refractivity contribution is -0.696. The van der Waals surface area contributed by atoms with Crippen LogP contribution < -0.4 is 4.57 Å². The van der Waals surface area contributed by atoms with Crippen molar-refractivity contribution in [3.63, 3.8) is 0 Å². The molecule has 0 aliphatic carbocycles. The molecule has 2 aromatic rings. The quantitative estimate of drug-likeness (QED) is 0.613. The molecule has 3 nitrogen and oxygen atoms in total. The first-order chi connectivity index (χ1) is 7.70. The van der Waals surface area contributed by atoms with Crippen LogP contribution in [-0.4, -0.2) is 10.2 Å². The van der Waals surface area contributed by atoms with Gasteiger partial charge in [-0.15, -0.1) is 0 Å². The highest BCUT2D eigenvalue weighted by atomic mass is 16.3. The van der Waals surface area contributed by atoms with Crippen molar-refractivity contribution in [3.8, 4) is 11.5 Å². The van der Waals surface area contributed by atoms with Crippen LogP contribution in [0.2, 0.25) is 0 Å². The van der Waals surface area contributed by atoms with Crippen LogP contribution in [0.15, 0.2) is 30.6 Å². The SMILES string of the molecule is CCCC[n+]1ccc2cc(O)c(O)cc2c1. The summed E-state index contributed by atoms with van der Waals surface area (Å²) in [5.74, 6) is -0.139. The molecule has 0 fully saturated rings. The van der Waals surface area contributed by atoms with E-state index in [1.54, 1.807) is 12.1 Å². The monoisotopic (exact) mass is 218 g/mol. The average Bonchev–Trinajstić information content (AvgIpc) is 2.28. The van der Waals surface area contributed by atoms with Crippen molar-refractivity contribution in [1.29, 1.82) is 0 Å². The Labute approximate surface area is 94.6 Å². The Balaban J connectivity index is 2.41. The summed E-state index contributed by atoms with van der Waals surface area (Å²) in [5, 5.41) is 20.7. The molecule has 0 spiro atoms. The van der Waals surface area contributed by atoms with Crippen molar-refractivity contribution in [2.24, 2.45) is 0 Å². The van der Waals surface area contributed by atoms with Gasteiger partial charge in [-0.1, -0.05) is 13.3 Å². The molecule has 0 unspecified atom stereocenters. The molecule has 0 amide bonds. The lowest BCUT2D eigenvalue weighted by Gasteiger charge is -2.01. The van der Waals surface area contributed by atoms with Crippen molar-refractivity contribution in [2.45, 2.75) is 26.3 Å². The van der Waals surface area contributed by atoms with Crippen LogP contribution in [-0.2, 0) is 6.54 Å². The number of phenols is 2. The van der Waals surface area contributed by atoms with Crippen molar-refractivity contribution >= 4 is 10.8 Å². The molecule has 0 atom stereocenters. The van der Waals surface area contributed by atoms with Gasteiger partial charge in [0, 0.05) is 17.9 Å². The predicted octanol–water partition coefficient (Wildman–Crippen LogP) is 2.34. The molecule has 0 bridgehead atoms. The number of nitrogens with zero attached hydrogens (tertiary/aromatic N) is 1. The van der Waals surface area contributed by atoms with Gasteiger partial charge < -0.3 is 10.2 Å². The molecule has 2 N–H and O–H groups in total. The molecular formula is C13H16NO2+. The summed E-state index contributed by atoms with van der Waals surface area (Å²) >= 11 is 0. The van der Waals surface area contributed by atoms with Gasteiger partial charge in [-0.2, -0.15) is 0 Å². The van der Waals surface area contributed by atoms with Crippen LogP contribution in [0.3, 0.4) is 0 Å². The second-order valence-corrected chi connectivity index (χ2v) is 4.01. The summed E-state index contributed by atoms with van der Waals surface area (Å²) in [6, 6.07) is 5.12. The number of unbranched alkanes of at least 4 members (excludes halogenated alkanes) is 1. The maximum absolute atomic E-state index is 9.42. The third-order valence-corrected chi connectivity index (χ3v) is 2.70. The summed E-state index contributed by atoms with van der Waals surface area (Å²) in [7, 11) is 0. The first kappa shape index (κ1) is 10.7. The fourth-order valence-electron chi connectivity index (χ4n) is 1.74. The van der Waals surface area contributed by atoms with Crippen LogP contribution in [0.25, 0.3) is 10.8 Å². The van der Waals surface area contributed by atoms with E-state index in [0.29, 0.717) is 0 Å². The zero-order valence-electron chi connectivity index (χ0n) is 9.35. The number of phenolic OH excluding ortho intramolecular Hbond substituents is 2. The van der Waals surface area contributed by atoms with Gasteiger partial charge in [0.15, 0.2) is 23.9 Å². The van der Waals surface area contributed by atoms with Gasteiger partial charge in [0.25, 0.3) is 0 Å². The molecule has 16 heavy (non-hydrogen) atoms. The summed E-state index contributed by atoms with van der Waals surface area (Å²) in [4.78, 5) is 0. The summed E-state index contributed by atoms with van der Waals surface area (Å²) in [6.45, 7) is 3.14. The Kier molecular flexibility index (Phi) is 2.95. The third-order valence-electron chi connectivity index (χ3n) is 2.70. The van der Waals surface area contributed by atoms with Gasteiger partial charge in [0.1, 0.15) is 6.54 Å². The number of benzene rings is 1. The lowest BCUT2D eigenvalue weighted by atomic mass is 10.1. The number of rotatable bonds is 3. The van der Waals surface area contributed by atoms with E-state index < -0.39 is 0 Å². The Morgan fingerprint density at radius 1 is 1.12 bits per heavy atom. The van der Waals surface area contributed by atoms with Crippen LogP contribution in [0.1, 0.15) is 19.8 Å². The fourth-order valence-corrected chi connectivity index (χ4v) is 1.74. The minimum Gasteiger partial charge on any atom is -0.504 e. The molecule has 2 rings (SSSR count). The van der Waals surface area contributed by atoms with Crippen molar-refractivity contribution < 1.29 is 14.8 Å². The molecule has 1 aromatic carbocycles. The molecule has 0 aliphatic heterocycles. The molecule has 1 heterocycles. The van der Waals surface area contributed by atoms with Crippen LogP contribution in [0, 0.1) is 0 Å². The van der Waals surface area contributed by atoms with Gasteiger partial charge in [-0.25, -0.2) is 4.57 Å². The molecule has 0 radical (unpaired) electrons. The number of aromatic hydroxyl groups is 2. The van der Waals surface area contributed by atoms with E-state index >= 15 is 0 Å². The minimum atomic E-state index is -0.0705. The van der Waals surface area contributed by atoms with E-state index in [1.165, 1.54) is 0 Å². The van der Waals surface area contributed by atoms with Gasteiger partial charge in [-0.05, 0) is 17.5 Å².